The van der Waals surface area contributed by atoms with Crippen molar-refractivity contribution in [2.24, 2.45) is 5.92 Å². The molecule has 1 heterocycles. The molecule has 5 heteroatoms. The first-order valence-corrected chi connectivity index (χ1v) is 6.89. The van der Waals surface area contributed by atoms with Crippen molar-refractivity contribution in [1.82, 2.24) is 4.90 Å². The molecule has 2 rings (SSSR count). The van der Waals surface area contributed by atoms with E-state index in [2.05, 4.69) is 0 Å². The first-order chi connectivity index (χ1) is 9.29. The summed E-state index contributed by atoms with van der Waals surface area (Å²) >= 11 is 0. The van der Waals surface area contributed by atoms with Crippen LogP contribution in [-0.4, -0.2) is 29.3 Å². The quantitative estimate of drug-likeness (QED) is 0.887. The third kappa shape index (κ3) is 3.26. The minimum absolute atomic E-state index is 0.0120. The van der Waals surface area contributed by atoms with Gasteiger partial charge in [-0.2, -0.15) is 13.2 Å². The van der Waals surface area contributed by atoms with Gasteiger partial charge in [0, 0.05) is 18.2 Å². The Morgan fingerprint density at radius 3 is 2.70 bits per heavy atom. The molecular weight excluding hydrogens is 267 g/mol. The molecular formula is C15H20F3NO. The molecule has 2 unspecified atom stereocenters. The number of halogens is 3. The van der Waals surface area contributed by atoms with Crippen LogP contribution in [0.25, 0.3) is 0 Å². The van der Waals surface area contributed by atoms with E-state index in [1.54, 1.807) is 12.1 Å². The zero-order valence-corrected chi connectivity index (χ0v) is 11.7. The third-order valence-corrected chi connectivity index (χ3v) is 4.10. The molecule has 112 valence electrons. The van der Waals surface area contributed by atoms with Gasteiger partial charge in [0.1, 0.15) is 5.75 Å². The van der Waals surface area contributed by atoms with Gasteiger partial charge in [0.05, 0.1) is 5.92 Å². The molecule has 1 aromatic carbocycles. The maximum atomic E-state index is 12.8. The number of phenolic OH excluding ortho intramolecular Hbond substituents is 1. The van der Waals surface area contributed by atoms with Crippen molar-refractivity contribution in [1.29, 1.82) is 0 Å². The molecule has 0 bridgehead atoms. The summed E-state index contributed by atoms with van der Waals surface area (Å²) in [6.07, 6.45) is -3.39. The van der Waals surface area contributed by atoms with Gasteiger partial charge in [0.25, 0.3) is 0 Å². The molecule has 1 N–H and O–H groups in total. The fraction of sp³-hybridized carbons (Fsp3) is 0.600. The van der Waals surface area contributed by atoms with Gasteiger partial charge in [0.15, 0.2) is 0 Å². The van der Waals surface area contributed by atoms with E-state index in [0.29, 0.717) is 18.5 Å². The number of piperidine rings is 1. The smallest absolute Gasteiger partial charge is 0.393 e. The van der Waals surface area contributed by atoms with Gasteiger partial charge in [0.2, 0.25) is 0 Å². The Labute approximate surface area is 117 Å². The number of alkyl halides is 3. The number of phenols is 1. The molecule has 1 fully saturated rings. The minimum atomic E-state index is -4.13. The summed E-state index contributed by atoms with van der Waals surface area (Å²) in [5.41, 5.74) is 1.70. The van der Waals surface area contributed by atoms with Crippen LogP contribution in [0.15, 0.2) is 18.2 Å². The highest BCUT2D eigenvalue weighted by Crippen LogP contribution is 2.37. The lowest BCUT2D eigenvalue weighted by molar-refractivity contribution is -0.188. The van der Waals surface area contributed by atoms with Crippen LogP contribution in [0.5, 0.6) is 5.75 Å². The van der Waals surface area contributed by atoms with Crippen molar-refractivity contribution < 1.29 is 18.3 Å². The predicted molar refractivity (Wildman–Crippen MR) is 71.6 cm³/mol. The number of hydrogen-bond acceptors (Lipinski definition) is 2. The number of aryl methyl sites for hydroxylation is 1. The Balaban J connectivity index is 2.16. The molecule has 1 aliphatic heterocycles. The Bertz CT molecular complexity index is 473. The fourth-order valence-corrected chi connectivity index (χ4v) is 2.83. The Morgan fingerprint density at radius 2 is 2.05 bits per heavy atom. The molecule has 0 saturated carbocycles. The summed E-state index contributed by atoms with van der Waals surface area (Å²) in [6, 6.07) is 5.03. The second-order valence-electron chi connectivity index (χ2n) is 5.61. The summed E-state index contributed by atoms with van der Waals surface area (Å²) in [7, 11) is 0. The summed E-state index contributed by atoms with van der Waals surface area (Å²) in [6.45, 7) is 4.41. The standard InChI is InChI=1S/C15H20F3NO/c1-10-5-6-14(20)13(8-10)11(2)19-7-3-4-12(9-19)15(16,17)18/h5-6,8,11-12,20H,3-4,7,9H2,1-2H3. The summed E-state index contributed by atoms with van der Waals surface area (Å²) in [5.74, 6) is -1.11. The van der Waals surface area contributed by atoms with E-state index >= 15 is 0 Å². The minimum Gasteiger partial charge on any atom is -0.508 e. The summed E-state index contributed by atoms with van der Waals surface area (Å²) < 4.78 is 38.5. The maximum absolute atomic E-state index is 12.8. The van der Waals surface area contributed by atoms with Crippen LogP contribution in [0.2, 0.25) is 0 Å². The van der Waals surface area contributed by atoms with Crippen molar-refractivity contribution in [2.45, 2.75) is 38.9 Å². The molecule has 0 spiro atoms. The van der Waals surface area contributed by atoms with Crippen molar-refractivity contribution in [3.8, 4) is 5.75 Å². The van der Waals surface area contributed by atoms with Crippen molar-refractivity contribution in [3.05, 3.63) is 29.3 Å². The topological polar surface area (TPSA) is 23.5 Å². The molecule has 1 aliphatic rings. The molecule has 2 nitrogen and oxygen atoms in total. The fourth-order valence-electron chi connectivity index (χ4n) is 2.83. The van der Waals surface area contributed by atoms with E-state index in [0.717, 1.165) is 5.56 Å². The van der Waals surface area contributed by atoms with Gasteiger partial charge >= 0.3 is 6.18 Å². The number of nitrogens with zero attached hydrogens (tertiary/aromatic N) is 1. The van der Waals surface area contributed by atoms with E-state index < -0.39 is 12.1 Å². The monoisotopic (exact) mass is 287 g/mol. The van der Waals surface area contributed by atoms with E-state index in [1.807, 2.05) is 24.8 Å². The third-order valence-electron chi connectivity index (χ3n) is 4.10. The lowest BCUT2D eigenvalue weighted by Crippen LogP contribution is -2.42. The van der Waals surface area contributed by atoms with Crippen LogP contribution in [0.1, 0.15) is 36.9 Å². The van der Waals surface area contributed by atoms with Crippen LogP contribution in [-0.2, 0) is 0 Å². The van der Waals surface area contributed by atoms with Gasteiger partial charge in [-0.25, -0.2) is 0 Å². The van der Waals surface area contributed by atoms with Crippen molar-refractivity contribution in [3.63, 3.8) is 0 Å². The molecule has 20 heavy (non-hydrogen) atoms. The average Bonchev–Trinajstić information content (AvgIpc) is 2.40. The average molecular weight is 287 g/mol. The van der Waals surface area contributed by atoms with Gasteiger partial charge in [-0.3, -0.25) is 4.90 Å². The molecule has 0 radical (unpaired) electrons. The molecule has 1 aromatic rings. The molecule has 0 aromatic heterocycles. The highest BCUT2D eigenvalue weighted by atomic mass is 19.4. The van der Waals surface area contributed by atoms with Crippen LogP contribution >= 0.6 is 0 Å². The van der Waals surface area contributed by atoms with Crippen LogP contribution in [0.4, 0.5) is 13.2 Å². The first kappa shape index (κ1) is 15.2. The number of rotatable bonds is 2. The van der Waals surface area contributed by atoms with E-state index in [9.17, 15) is 18.3 Å². The van der Waals surface area contributed by atoms with Crippen LogP contribution < -0.4 is 0 Å². The highest BCUT2D eigenvalue weighted by molar-refractivity contribution is 5.37. The number of benzene rings is 1. The lowest BCUT2D eigenvalue weighted by Gasteiger charge is -2.37. The second kappa shape index (κ2) is 5.64. The first-order valence-electron chi connectivity index (χ1n) is 6.89. The normalized spacial score (nSPS) is 22.8. The van der Waals surface area contributed by atoms with Gasteiger partial charge < -0.3 is 5.11 Å². The van der Waals surface area contributed by atoms with E-state index in [4.69, 9.17) is 0 Å². The van der Waals surface area contributed by atoms with E-state index in [-0.39, 0.29) is 24.8 Å². The van der Waals surface area contributed by atoms with Crippen molar-refractivity contribution in [2.75, 3.05) is 13.1 Å². The highest BCUT2D eigenvalue weighted by Gasteiger charge is 2.42. The van der Waals surface area contributed by atoms with Gasteiger partial charge in [-0.1, -0.05) is 17.7 Å². The van der Waals surface area contributed by atoms with E-state index in [1.165, 1.54) is 0 Å². The Morgan fingerprint density at radius 1 is 1.35 bits per heavy atom. The largest absolute Gasteiger partial charge is 0.508 e. The Kier molecular flexibility index (Phi) is 4.28. The number of hydrogen-bond donors (Lipinski definition) is 1. The molecule has 2 atom stereocenters. The predicted octanol–water partition coefficient (Wildman–Crippen LogP) is 4.04. The zero-order valence-electron chi connectivity index (χ0n) is 11.7. The summed E-state index contributed by atoms with van der Waals surface area (Å²) in [4.78, 5) is 1.82. The van der Waals surface area contributed by atoms with Crippen LogP contribution in [0.3, 0.4) is 0 Å². The molecule has 0 amide bonds. The maximum Gasteiger partial charge on any atom is 0.393 e. The van der Waals surface area contributed by atoms with Gasteiger partial charge in [-0.05, 0) is 39.3 Å². The zero-order chi connectivity index (χ0) is 14.9. The van der Waals surface area contributed by atoms with Crippen LogP contribution in [0, 0.1) is 12.8 Å². The molecule has 0 aliphatic carbocycles. The lowest BCUT2D eigenvalue weighted by atomic mass is 9.94. The Hall–Kier alpha value is -1.23. The molecule has 1 saturated heterocycles. The number of aromatic hydroxyl groups is 1. The SMILES string of the molecule is Cc1ccc(O)c(C(C)N2CCCC(C(F)(F)F)C2)c1. The van der Waals surface area contributed by atoms with Gasteiger partial charge in [-0.15, -0.1) is 0 Å². The second-order valence-corrected chi connectivity index (χ2v) is 5.61. The number of likely N-dealkylation sites (tertiary alicyclic amines) is 1. The summed E-state index contributed by atoms with van der Waals surface area (Å²) in [5, 5.41) is 9.91. The van der Waals surface area contributed by atoms with Crippen molar-refractivity contribution >= 4 is 0 Å².